The Morgan fingerprint density at radius 2 is 1.85 bits per heavy atom. The summed E-state index contributed by atoms with van der Waals surface area (Å²) in [5.41, 5.74) is 1.81. The summed E-state index contributed by atoms with van der Waals surface area (Å²) in [5, 5.41) is 20.3. The van der Waals surface area contributed by atoms with E-state index < -0.39 is 5.97 Å². The molecule has 0 aliphatic heterocycles. The van der Waals surface area contributed by atoms with Gasteiger partial charge in [-0.05, 0) is 40.6 Å². The lowest BCUT2D eigenvalue weighted by molar-refractivity contribution is 0.0694. The predicted octanol–water partition coefficient (Wildman–Crippen LogP) is 3.31. The maximum absolute atomic E-state index is 11.1. The number of carboxylic acids is 1. The quantitative estimate of drug-likeness (QED) is 0.745. The number of carbonyl (C=O) groups is 1. The van der Waals surface area contributed by atoms with Crippen LogP contribution in [0.15, 0.2) is 54.9 Å². The molecule has 2 N–H and O–H groups in total. The lowest BCUT2D eigenvalue weighted by atomic mass is 10.0. The number of aromatic nitrogens is 1. The summed E-state index contributed by atoms with van der Waals surface area (Å²) in [5.74, 6) is -1.37. The third-order valence-corrected chi connectivity index (χ3v) is 3.18. The van der Waals surface area contributed by atoms with Crippen molar-refractivity contribution in [2.24, 2.45) is 0 Å². The molecule has 0 amide bonds. The van der Waals surface area contributed by atoms with Crippen LogP contribution in [0.1, 0.15) is 10.4 Å². The van der Waals surface area contributed by atoms with Crippen LogP contribution in [0.5, 0.6) is 5.75 Å². The summed E-state index contributed by atoms with van der Waals surface area (Å²) in [6.07, 6.45) is 3.45. The van der Waals surface area contributed by atoms with Crippen molar-refractivity contribution in [3.63, 3.8) is 0 Å². The number of rotatable bonds is 2. The second kappa shape index (κ2) is 4.66. The van der Waals surface area contributed by atoms with E-state index >= 15 is 0 Å². The zero-order valence-corrected chi connectivity index (χ0v) is 10.4. The van der Waals surface area contributed by atoms with Crippen LogP contribution < -0.4 is 0 Å². The van der Waals surface area contributed by atoms with E-state index in [1.807, 2.05) is 30.3 Å². The van der Waals surface area contributed by atoms with Crippen LogP contribution in [0.25, 0.3) is 21.9 Å². The summed E-state index contributed by atoms with van der Waals surface area (Å²) in [6.45, 7) is 0. The van der Waals surface area contributed by atoms with E-state index in [4.69, 9.17) is 5.11 Å². The van der Waals surface area contributed by atoms with Gasteiger partial charge in [0, 0.05) is 18.0 Å². The van der Waals surface area contributed by atoms with E-state index in [1.165, 1.54) is 12.1 Å². The standard InChI is InChI=1S/C16H11NO3/c18-15-8-11-4-3-10(12-2-1-5-17-9-12)6-13(11)7-14(15)16(19)20/h1-9,18H,(H,19,20). The van der Waals surface area contributed by atoms with Crippen LogP contribution in [0.4, 0.5) is 0 Å². The fourth-order valence-corrected chi connectivity index (χ4v) is 2.17. The van der Waals surface area contributed by atoms with Gasteiger partial charge in [-0.2, -0.15) is 0 Å². The second-order valence-corrected chi connectivity index (χ2v) is 4.48. The van der Waals surface area contributed by atoms with Crippen LogP contribution in [-0.4, -0.2) is 21.2 Å². The number of nitrogens with zero attached hydrogens (tertiary/aromatic N) is 1. The van der Waals surface area contributed by atoms with Crippen LogP contribution in [0, 0.1) is 0 Å². The Kier molecular flexibility index (Phi) is 2.84. The second-order valence-electron chi connectivity index (χ2n) is 4.48. The van der Waals surface area contributed by atoms with Gasteiger partial charge in [-0.1, -0.05) is 18.2 Å². The van der Waals surface area contributed by atoms with Crippen molar-refractivity contribution >= 4 is 16.7 Å². The summed E-state index contributed by atoms with van der Waals surface area (Å²) in [7, 11) is 0. The summed E-state index contributed by atoms with van der Waals surface area (Å²) in [4.78, 5) is 15.1. The number of benzene rings is 2. The number of carboxylic acid groups (broad SMARTS) is 1. The molecule has 1 heterocycles. The Bertz CT molecular complexity index is 797. The van der Waals surface area contributed by atoms with Gasteiger partial charge in [-0.3, -0.25) is 4.98 Å². The first-order valence-corrected chi connectivity index (χ1v) is 6.05. The predicted molar refractivity (Wildman–Crippen MR) is 75.8 cm³/mol. The van der Waals surface area contributed by atoms with Crippen molar-refractivity contribution in [1.82, 2.24) is 4.98 Å². The monoisotopic (exact) mass is 265 g/mol. The number of hydrogen-bond donors (Lipinski definition) is 2. The minimum Gasteiger partial charge on any atom is -0.507 e. The zero-order valence-electron chi connectivity index (χ0n) is 10.4. The highest BCUT2D eigenvalue weighted by molar-refractivity contribution is 5.98. The zero-order chi connectivity index (χ0) is 14.1. The average Bonchev–Trinajstić information content (AvgIpc) is 2.47. The molecule has 3 rings (SSSR count). The maximum Gasteiger partial charge on any atom is 0.339 e. The van der Waals surface area contributed by atoms with Gasteiger partial charge in [0.1, 0.15) is 11.3 Å². The fraction of sp³-hybridized carbons (Fsp3) is 0. The first kappa shape index (κ1) is 12.2. The van der Waals surface area contributed by atoms with Crippen LogP contribution >= 0.6 is 0 Å². The van der Waals surface area contributed by atoms with Crippen molar-refractivity contribution in [2.75, 3.05) is 0 Å². The summed E-state index contributed by atoms with van der Waals surface area (Å²) >= 11 is 0. The molecule has 0 aliphatic carbocycles. The number of phenols is 1. The molecule has 4 nitrogen and oxygen atoms in total. The SMILES string of the molecule is O=C(O)c1cc2cc(-c3cccnc3)ccc2cc1O. The molecule has 0 radical (unpaired) electrons. The van der Waals surface area contributed by atoms with Gasteiger partial charge < -0.3 is 10.2 Å². The molecule has 0 saturated heterocycles. The van der Waals surface area contributed by atoms with Crippen LogP contribution in [0.3, 0.4) is 0 Å². The minimum absolute atomic E-state index is 0.0964. The Labute approximate surface area is 115 Å². The summed E-state index contributed by atoms with van der Waals surface area (Å²) < 4.78 is 0. The largest absolute Gasteiger partial charge is 0.507 e. The molecule has 0 atom stereocenters. The molecule has 20 heavy (non-hydrogen) atoms. The molecule has 0 fully saturated rings. The summed E-state index contributed by atoms with van der Waals surface area (Å²) in [6, 6.07) is 12.4. The number of fused-ring (bicyclic) bond motifs is 1. The Balaban J connectivity index is 2.20. The number of pyridine rings is 1. The van der Waals surface area contributed by atoms with Gasteiger partial charge in [0.25, 0.3) is 0 Å². The molecular formula is C16H11NO3. The molecule has 0 saturated carbocycles. The molecule has 4 heteroatoms. The first-order valence-electron chi connectivity index (χ1n) is 6.05. The van der Waals surface area contributed by atoms with E-state index in [0.717, 1.165) is 21.9 Å². The number of aromatic hydroxyl groups is 1. The normalized spacial score (nSPS) is 10.6. The fourth-order valence-electron chi connectivity index (χ4n) is 2.17. The number of aromatic carboxylic acids is 1. The van der Waals surface area contributed by atoms with Gasteiger partial charge in [0.2, 0.25) is 0 Å². The topological polar surface area (TPSA) is 70.4 Å². The molecule has 3 aromatic rings. The van der Waals surface area contributed by atoms with Gasteiger partial charge in [-0.25, -0.2) is 4.79 Å². The van der Waals surface area contributed by atoms with Crippen molar-refractivity contribution in [1.29, 1.82) is 0 Å². The van der Waals surface area contributed by atoms with E-state index in [-0.39, 0.29) is 11.3 Å². The van der Waals surface area contributed by atoms with Gasteiger partial charge in [-0.15, -0.1) is 0 Å². The maximum atomic E-state index is 11.1. The lowest BCUT2D eigenvalue weighted by Crippen LogP contribution is -1.96. The third-order valence-electron chi connectivity index (χ3n) is 3.18. The lowest BCUT2D eigenvalue weighted by Gasteiger charge is -2.06. The van der Waals surface area contributed by atoms with Crippen molar-refractivity contribution in [2.45, 2.75) is 0 Å². The highest BCUT2D eigenvalue weighted by Gasteiger charge is 2.11. The molecule has 0 spiro atoms. The Morgan fingerprint density at radius 1 is 1.00 bits per heavy atom. The Hall–Kier alpha value is -2.88. The van der Waals surface area contributed by atoms with Gasteiger partial charge >= 0.3 is 5.97 Å². The van der Waals surface area contributed by atoms with Crippen LogP contribution in [0.2, 0.25) is 0 Å². The molecule has 1 aromatic heterocycles. The molecule has 2 aromatic carbocycles. The molecule has 98 valence electrons. The highest BCUT2D eigenvalue weighted by Crippen LogP contribution is 2.29. The number of hydrogen-bond acceptors (Lipinski definition) is 3. The minimum atomic E-state index is -1.14. The molecule has 0 aliphatic rings. The van der Waals surface area contributed by atoms with Crippen molar-refractivity contribution in [3.8, 4) is 16.9 Å². The van der Waals surface area contributed by atoms with E-state index in [0.29, 0.717) is 0 Å². The average molecular weight is 265 g/mol. The van der Waals surface area contributed by atoms with E-state index in [1.54, 1.807) is 12.4 Å². The van der Waals surface area contributed by atoms with E-state index in [2.05, 4.69) is 4.98 Å². The molecular weight excluding hydrogens is 254 g/mol. The Morgan fingerprint density at radius 3 is 2.55 bits per heavy atom. The van der Waals surface area contributed by atoms with Crippen molar-refractivity contribution < 1.29 is 15.0 Å². The van der Waals surface area contributed by atoms with Gasteiger partial charge in [0.05, 0.1) is 0 Å². The molecule has 0 bridgehead atoms. The smallest absolute Gasteiger partial charge is 0.339 e. The van der Waals surface area contributed by atoms with Crippen molar-refractivity contribution in [3.05, 3.63) is 60.4 Å². The highest BCUT2D eigenvalue weighted by atomic mass is 16.4. The third kappa shape index (κ3) is 2.07. The van der Waals surface area contributed by atoms with Gasteiger partial charge in [0.15, 0.2) is 0 Å². The first-order chi connectivity index (χ1) is 9.65. The van der Waals surface area contributed by atoms with Crippen LogP contribution in [-0.2, 0) is 0 Å². The molecule has 0 unspecified atom stereocenters. The van der Waals surface area contributed by atoms with E-state index in [9.17, 15) is 9.90 Å².